The minimum Gasteiger partial charge on any atom is -0.488 e. The minimum absolute atomic E-state index is 0.114. The number of aryl methyl sites for hydroxylation is 22. The van der Waals surface area contributed by atoms with Crippen molar-refractivity contribution < 1.29 is 33.2 Å². The molecule has 0 saturated heterocycles. The maximum absolute atomic E-state index is 6.44. The zero-order valence-electron chi connectivity index (χ0n) is 101. The van der Waals surface area contributed by atoms with Crippen LogP contribution in [-0.2, 0) is 0 Å². The highest BCUT2D eigenvalue weighted by atomic mass is 16.5. The van der Waals surface area contributed by atoms with Crippen LogP contribution in [0.4, 0.5) is 0 Å². The summed E-state index contributed by atoms with van der Waals surface area (Å²) in [7, 11) is 0. The summed E-state index contributed by atoms with van der Waals surface area (Å²) in [6, 6.07) is 56.1. The summed E-state index contributed by atoms with van der Waals surface area (Å²) in [6.45, 7) is 116. The highest BCUT2D eigenvalue weighted by Gasteiger charge is 2.31. The van der Waals surface area contributed by atoms with Crippen molar-refractivity contribution in [3.63, 3.8) is 0 Å². The Kier molecular flexibility index (Phi) is 40.4. The molecule has 7 heteroatoms. The molecule has 0 aliphatic rings. The Morgan fingerprint density at radius 1 is 0.123 bits per heavy atom. The molecular weight excluding hydrogens is 1780 g/mol. The zero-order chi connectivity index (χ0) is 111. The lowest BCUT2D eigenvalue weighted by Gasteiger charge is -2.28. The maximum atomic E-state index is 6.44. The topological polar surface area (TPSA) is 64.6 Å². The van der Waals surface area contributed by atoms with Gasteiger partial charge in [0.1, 0.15) is 79.5 Å². The maximum Gasteiger partial charge on any atom is 0.131 e. The van der Waals surface area contributed by atoms with Crippen molar-refractivity contribution in [2.45, 2.75) is 413 Å². The summed E-state index contributed by atoms with van der Waals surface area (Å²) in [5, 5.41) is 0. The van der Waals surface area contributed by atoms with Crippen LogP contribution < -0.4 is 33.2 Å². The van der Waals surface area contributed by atoms with Crippen LogP contribution >= 0.6 is 0 Å². The van der Waals surface area contributed by atoms with Crippen molar-refractivity contribution >= 4 is 0 Å². The first kappa shape index (κ1) is 121. The van der Waals surface area contributed by atoms with Crippen molar-refractivity contribution in [2.75, 3.05) is 0 Å². The largest absolute Gasteiger partial charge is 0.488 e. The summed E-state index contributed by atoms with van der Waals surface area (Å²) in [6.07, 6.45) is 0. The molecule has 0 amide bonds. The Balaban J connectivity index is 0.000000232. The molecule has 0 aliphatic heterocycles. The van der Waals surface area contributed by atoms with Gasteiger partial charge in [0.25, 0.3) is 0 Å². The Labute approximate surface area is 888 Å². The smallest absolute Gasteiger partial charge is 0.131 e. The fraction of sp³-hybridized carbons (Fsp3) is 0.439. The van der Waals surface area contributed by atoms with Crippen molar-refractivity contribution in [2.24, 2.45) is 0 Å². The normalized spacial score (nSPS) is 11.6. The molecule has 13 aromatic rings. The van der Waals surface area contributed by atoms with Gasteiger partial charge in [-0.05, 0) is 591 Å². The van der Waals surface area contributed by atoms with E-state index in [4.69, 9.17) is 33.2 Å². The Morgan fingerprint density at radius 2 is 0.308 bits per heavy atom. The molecule has 0 saturated carbocycles. The van der Waals surface area contributed by atoms with Gasteiger partial charge in [-0.15, -0.1) is 0 Å². The monoisotopic (exact) mass is 1970 g/mol. The second-order valence-electron chi connectivity index (χ2n) is 48.7. The Morgan fingerprint density at radius 3 is 0.582 bits per heavy atom. The van der Waals surface area contributed by atoms with Crippen LogP contribution in [0.5, 0.6) is 40.2 Å². The summed E-state index contributed by atoms with van der Waals surface area (Å²) in [5.74, 6) is 7.13. The third-order valence-corrected chi connectivity index (χ3v) is 27.6. The van der Waals surface area contributed by atoms with E-state index in [-0.39, 0.29) is 39.2 Å². The fourth-order valence-corrected chi connectivity index (χ4v) is 18.9. The molecule has 0 unspecified atom stereocenters. The predicted molar refractivity (Wildman–Crippen MR) is 637 cm³/mol. The van der Waals surface area contributed by atoms with Gasteiger partial charge in [0, 0.05) is 33.4 Å². The molecule has 0 atom stereocenters. The number of benzene rings is 13. The molecule has 0 heterocycles. The Hall–Kier alpha value is -11.5. The van der Waals surface area contributed by atoms with E-state index >= 15 is 0 Å². The molecule has 0 radical (unpaired) electrons. The number of rotatable bonds is 13. The average molecular weight is 1970 g/mol. The molecule has 0 aliphatic carbocycles. The van der Waals surface area contributed by atoms with Gasteiger partial charge in [-0.1, -0.05) is 158 Å². The van der Waals surface area contributed by atoms with Crippen LogP contribution in [0.2, 0.25) is 0 Å². The third kappa shape index (κ3) is 31.8. The lowest BCUT2D eigenvalue weighted by atomic mass is 9.85. The second kappa shape index (κ2) is 48.6. The molecule has 0 aromatic heterocycles. The predicted octanol–water partition coefficient (Wildman–Crippen LogP) is 40.2. The van der Waals surface area contributed by atoms with Crippen LogP contribution in [0.25, 0.3) is 66.8 Å². The molecule has 13 aromatic carbocycles. The highest BCUT2D eigenvalue weighted by molar-refractivity contribution is 5.87. The van der Waals surface area contributed by atoms with Crippen LogP contribution in [0.1, 0.15) is 329 Å². The first-order chi connectivity index (χ1) is 67.0. The van der Waals surface area contributed by atoms with Crippen molar-refractivity contribution in [1.29, 1.82) is 0 Å². The van der Waals surface area contributed by atoms with Crippen molar-refractivity contribution in [3.8, 4) is 107 Å². The number of ether oxygens (including phenoxy) is 7. The van der Waals surface area contributed by atoms with Gasteiger partial charge in [0.05, 0.1) is 0 Å². The standard InChI is InChI=1S/C23H32O.3C22H30O.C21H28O.C17H20O.C12H18O/c1-13-11-14(2)18(6)20(17(13)5)21-19(7)15(3)12-16(4)22(21)24-23(8,9)10;3*1-13-10-11-14(2)19(17(13)5)20-18(6)15(3)12-16(4)21(20)23-22(7,8)9;1-13-10-9-11-18(16(13)4)19-17(5)14(2)12-15(3)20(19)22-21(6,7)8;1-13-9-8-12-15(14-10-6-5-7-11-14)16(13)18-17(2,3)4;1-9-7-6-8-10(2)11(9)13-12(3,4)5/h11-12H,1-10H3;3*10-12H,1-9H3;9-12H,1-8H3;5-12H,1-4H3;6-8H,1-5H3. The molecule has 786 valence electrons. The van der Waals surface area contributed by atoms with E-state index in [0.717, 1.165) is 45.8 Å². The third-order valence-electron chi connectivity index (χ3n) is 27.6. The van der Waals surface area contributed by atoms with E-state index in [0.29, 0.717) is 0 Å². The molecule has 13 rings (SSSR count). The van der Waals surface area contributed by atoms with E-state index in [9.17, 15) is 0 Å². The lowest BCUT2D eigenvalue weighted by Crippen LogP contribution is -2.24. The molecular formula is C139H188O7. The van der Waals surface area contributed by atoms with Gasteiger partial charge in [-0.2, -0.15) is 0 Å². The van der Waals surface area contributed by atoms with E-state index in [1.54, 1.807) is 0 Å². The van der Waals surface area contributed by atoms with Crippen LogP contribution in [0, 0.1) is 228 Å². The molecule has 0 fully saturated rings. The average Bonchev–Trinajstić information content (AvgIpc) is 1.49. The van der Waals surface area contributed by atoms with Gasteiger partial charge in [-0.25, -0.2) is 0 Å². The molecule has 0 N–H and O–H groups in total. The fourth-order valence-electron chi connectivity index (χ4n) is 18.9. The van der Waals surface area contributed by atoms with E-state index in [1.807, 2.05) is 6.07 Å². The van der Waals surface area contributed by atoms with E-state index in [1.165, 1.54) is 245 Å². The van der Waals surface area contributed by atoms with Gasteiger partial charge in [0.15, 0.2) is 0 Å². The quantitative estimate of drug-likeness (QED) is 0.114. The summed E-state index contributed by atoms with van der Waals surface area (Å²) in [5.41, 5.74) is 56.6. The minimum atomic E-state index is -0.220. The van der Waals surface area contributed by atoms with Gasteiger partial charge in [0.2, 0.25) is 0 Å². The second-order valence-corrected chi connectivity index (χ2v) is 48.7. The molecule has 0 spiro atoms. The molecule has 7 nitrogen and oxygen atoms in total. The summed E-state index contributed by atoms with van der Waals surface area (Å²) < 4.78 is 44.0. The lowest BCUT2D eigenvalue weighted by molar-refractivity contribution is 0.128. The highest BCUT2D eigenvalue weighted by Crippen LogP contribution is 2.50. The van der Waals surface area contributed by atoms with Crippen LogP contribution in [0.15, 0.2) is 158 Å². The summed E-state index contributed by atoms with van der Waals surface area (Å²) in [4.78, 5) is 0. The van der Waals surface area contributed by atoms with Crippen LogP contribution in [-0.4, -0.2) is 39.2 Å². The Bertz CT molecular complexity index is 6460. The van der Waals surface area contributed by atoms with Gasteiger partial charge in [-0.3, -0.25) is 0 Å². The number of hydrogen-bond acceptors (Lipinski definition) is 7. The SMILES string of the molecule is Cc1cc(C)c(C)c(-c2c(C)c(C)cc(C)c2OC(C)(C)C)c1C.Cc1ccc(C)c(-c2c(C)c(C)cc(C)c2OC(C)(C)C)c1C.Cc1ccc(C)c(-c2c(C)c(C)cc(C)c2OC(C)(C)C)c1C.Cc1ccc(C)c(-c2c(C)c(C)cc(C)c2OC(C)(C)C)c1C.Cc1cccc(-c2c(C)c(C)cc(C)c2OC(C)(C)C)c1C.Cc1cccc(-c2ccccc2)c1OC(C)(C)C.Cc1cccc(C)c1OC(C)(C)C. The number of hydrogen-bond donors (Lipinski definition) is 0. The van der Waals surface area contributed by atoms with Crippen molar-refractivity contribution in [3.05, 3.63) is 341 Å². The number of para-hydroxylation sites is 2. The molecule has 146 heavy (non-hydrogen) atoms. The van der Waals surface area contributed by atoms with Crippen molar-refractivity contribution in [1.82, 2.24) is 0 Å². The van der Waals surface area contributed by atoms with E-state index < -0.39 is 0 Å². The molecule has 0 bridgehead atoms. The first-order valence-corrected chi connectivity index (χ1v) is 52.9. The van der Waals surface area contributed by atoms with Gasteiger partial charge < -0.3 is 33.2 Å². The first-order valence-electron chi connectivity index (χ1n) is 52.9. The van der Waals surface area contributed by atoms with Gasteiger partial charge >= 0.3 is 0 Å². The summed E-state index contributed by atoms with van der Waals surface area (Å²) >= 11 is 0. The van der Waals surface area contributed by atoms with Crippen LogP contribution in [0.3, 0.4) is 0 Å². The van der Waals surface area contributed by atoms with E-state index in [2.05, 4.69) is 526 Å². The zero-order valence-corrected chi connectivity index (χ0v) is 101.